The lowest BCUT2D eigenvalue weighted by atomic mass is 9.81. The highest BCUT2D eigenvalue weighted by atomic mass is 32.2. The highest BCUT2D eigenvalue weighted by Gasteiger charge is 2.36. The van der Waals surface area contributed by atoms with Crippen LogP contribution in [0.15, 0.2) is 35.5 Å². The molecule has 2 heterocycles. The van der Waals surface area contributed by atoms with E-state index in [0.29, 0.717) is 16.8 Å². The van der Waals surface area contributed by atoms with Gasteiger partial charge in [0.15, 0.2) is 0 Å². The Morgan fingerprint density at radius 2 is 1.70 bits per heavy atom. The van der Waals surface area contributed by atoms with Crippen LogP contribution in [0.25, 0.3) is 11.4 Å². The van der Waals surface area contributed by atoms with E-state index < -0.39 is 11.7 Å². The SMILES string of the molecule is Cc1cc(SC2CCC(C(C)C)CC2)ccc1Nc1ncc(C(F)(F)F)c(-c2cnc(C)n2C(C)C)n1. The maximum absolute atomic E-state index is 13.9. The number of halogens is 3. The molecule has 1 N–H and O–H groups in total. The van der Waals surface area contributed by atoms with E-state index in [0.717, 1.165) is 29.3 Å². The van der Waals surface area contributed by atoms with Crippen molar-refractivity contribution in [3.8, 4) is 11.4 Å². The van der Waals surface area contributed by atoms with Gasteiger partial charge in [-0.15, -0.1) is 11.8 Å². The lowest BCUT2D eigenvalue weighted by Crippen LogP contribution is -2.19. The Hall–Kier alpha value is -2.55. The van der Waals surface area contributed by atoms with Gasteiger partial charge in [-0.1, -0.05) is 13.8 Å². The molecule has 3 aromatic rings. The van der Waals surface area contributed by atoms with Crippen LogP contribution in [-0.2, 0) is 6.18 Å². The summed E-state index contributed by atoms with van der Waals surface area (Å²) in [6.07, 6.45) is 2.76. The quantitative estimate of drug-likeness (QED) is 0.331. The normalized spacial score (nSPS) is 18.6. The molecule has 1 fully saturated rings. The fourth-order valence-corrected chi connectivity index (χ4v) is 6.45. The van der Waals surface area contributed by atoms with E-state index in [-0.39, 0.29) is 17.7 Å². The molecule has 0 unspecified atom stereocenters. The number of rotatable bonds is 7. The zero-order valence-electron chi connectivity index (χ0n) is 22.4. The van der Waals surface area contributed by atoms with Crippen molar-refractivity contribution >= 4 is 23.4 Å². The minimum Gasteiger partial charge on any atom is -0.324 e. The summed E-state index contributed by atoms with van der Waals surface area (Å²) < 4.78 is 43.3. The maximum Gasteiger partial charge on any atom is 0.420 e. The van der Waals surface area contributed by atoms with Crippen LogP contribution in [0, 0.1) is 25.7 Å². The summed E-state index contributed by atoms with van der Waals surface area (Å²) in [6.45, 7) is 12.2. The molecule has 5 nitrogen and oxygen atoms in total. The Bertz CT molecular complexity index is 1230. The molecule has 0 atom stereocenters. The Balaban J connectivity index is 1.56. The van der Waals surface area contributed by atoms with Crippen LogP contribution >= 0.6 is 11.8 Å². The average Bonchev–Trinajstić information content (AvgIpc) is 3.22. The molecule has 0 spiro atoms. The van der Waals surface area contributed by atoms with Gasteiger partial charge in [-0.05, 0) is 89.0 Å². The van der Waals surface area contributed by atoms with E-state index in [1.165, 1.54) is 36.8 Å². The molecule has 1 saturated carbocycles. The number of nitrogens with one attached hydrogen (secondary N) is 1. The Morgan fingerprint density at radius 3 is 2.30 bits per heavy atom. The third-order valence-electron chi connectivity index (χ3n) is 7.24. The predicted molar refractivity (Wildman–Crippen MR) is 144 cm³/mol. The van der Waals surface area contributed by atoms with E-state index in [4.69, 9.17) is 0 Å². The fraction of sp³-hybridized carbons (Fsp3) is 0.536. The number of nitrogens with zero attached hydrogens (tertiary/aromatic N) is 4. The number of alkyl halides is 3. The van der Waals surface area contributed by atoms with Crippen LogP contribution in [0.5, 0.6) is 0 Å². The molecule has 1 aliphatic rings. The summed E-state index contributed by atoms with van der Waals surface area (Å²) in [5.41, 5.74) is 1.03. The number of hydrogen-bond donors (Lipinski definition) is 1. The molecule has 0 bridgehead atoms. The van der Waals surface area contributed by atoms with Crippen molar-refractivity contribution in [1.29, 1.82) is 0 Å². The van der Waals surface area contributed by atoms with Crippen molar-refractivity contribution in [3.63, 3.8) is 0 Å². The van der Waals surface area contributed by atoms with E-state index in [1.54, 1.807) is 11.5 Å². The Morgan fingerprint density at radius 1 is 1.00 bits per heavy atom. The molecule has 4 rings (SSSR count). The third-order valence-corrected chi connectivity index (χ3v) is 8.57. The zero-order valence-corrected chi connectivity index (χ0v) is 23.2. The van der Waals surface area contributed by atoms with E-state index in [2.05, 4.69) is 46.2 Å². The standard InChI is InChI=1S/C28H36F3N5S/c1-16(2)20-7-9-21(10-8-20)37-22-11-12-24(18(5)13-22)34-27-33-14-23(28(29,30)31)26(35-27)25-15-32-19(6)36(25)17(3)4/h11-17,20-21H,7-10H2,1-6H3,(H,33,34,35). The first-order valence-corrected chi connectivity index (χ1v) is 13.8. The van der Waals surface area contributed by atoms with Crippen LogP contribution < -0.4 is 5.32 Å². The van der Waals surface area contributed by atoms with Crippen molar-refractivity contribution in [2.24, 2.45) is 11.8 Å². The monoisotopic (exact) mass is 531 g/mol. The molecule has 0 radical (unpaired) electrons. The second-order valence-corrected chi connectivity index (χ2v) is 12.0. The Kier molecular flexibility index (Phi) is 8.21. The lowest BCUT2D eigenvalue weighted by molar-refractivity contribution is -0.137. The molecule has 0 amide bonds. The topological polar surface area (TPSA) is 55.6 Å². The van der Waals surface area contributed by atoms with Gasteiger partial charge in [0.1, 0.15) is 17.1 Å². The van der Waals surface area contributed by atoms with Gasteiger partial charge in [-0.2, -0.15) is 13.2 Å². The van der Waals surface area contributed by atoms with Crippen molar-refractivity contribution in [3.05, 3.63) is 47.5 Å². The van der Waals surface area contributed by atoms with Gasteiger partial charge in [-0.3, -0.25) is 0 Å². The van der Waals surface area contributed by atoms with Crippen molar-refractivity contribution < 1.29 is 13.2 Å². The summed E-state index contributed by atoms with van der Waals surface area (Å²) in [7, 11) is 0. The highest BCUT2D eigenvalue weighted by Crippen LogP contribution is 2.40. The summed E-state index contributed by atoms with van der Waals surface area (Å²) in [5.74, 6) is 2.34. The Labute approximate surface area is 221 Å². The molecule has 0 saturated heterocycles. The minimum atomic E-state index is -4.59. The van der Waals surface area contributed by atoms with Crippen LogP contribution in [0.1, 0.15) is 76.4 Å². The van der Waals surface area contributed by atoms with E-state index in [1.807, 2.05) is 38.6 Å². The van der Waals surface area contributed by atoms with E-state index >= 15 is 0 Å². The van der Waals surface area contributed by atoms with Gasteiger partial charge in [0, 0.05) is 28.1 Å². The second kappa shape index (κ2) is 11.1. The lowest BCUT2D eigenvalue weighted by Gasteiger charge is -2.30. The highest BCUT2D eigenvalue weighted by molar-refractivity contribution is 8.00. The van der Waals surface area contributed by atoms with Gasteiger partial charge in [0.2, 0.25) is 5.95 Å². The summed E-state index contributed by atoms with van der Waals surface area (Å²) >= 11 is 1.92. The zero-order chi connectivity index (χ0) is 26.9. The fourth-order valence-electron chi connectivity index (χ4n) is 5.16. The number of anilines is 2. The van der Waals surface area contributed by atoms with Gasteiger partial charge < -0.3 is 9.88 Å². The molecule has 0 aliphatic heterocycles. The van der Waals surface area contributed by atoms with E-state index in [9.17, 15) is 13.2 Å². The number of aromatic nitrogens is 4. The number of thioether (sulfide) groups is 1. The van der Waals surface area contributed by atoms with Crippen LogP contribution in [-0.4, -0.2) is 24.8 Å². The molecule has 1 aliphatic carbocycles. The van der Waals surface area contributed by atoms with Gasteiger partial charge >= 0.3 is 6.18 Å². The van der Waals surface area contributed by atoms with Gasteiger partial charge in [0.25, 0.3) is 0 Å². The molecule has 200 valence electrons. The molecule has 37 heavy (non-hydrogen) atoms. The smallest absolute Gasteiger partial charge is 0.324 e. The van der Waals surface area contributed by atoms with Crippen LogP contribution in [0.3, 0.4) is 0 Å². The van der Waals surface area contributed by atoms with Crippen molar-refractivity contribution in [1.82, 2.24) is 19.5 Å². The number of aryl methyl sites for hydroxylation is 2. The van der Waals surface area contributed by atoms with Crippen LogP contribution in [0.2, 0.25) is 0 Å². The first-order chi connectivity index (χ1) is 17.4. The number of hydrogen-bond acceptors (Lipinski definition) is 5. The summed E-state index contributed by atoms with van der Waals surface area (Å²) in [6, 6.07) is 6.08. The molecule has 1 aromatic carbocycles. The molecule has 9 heteroatoms. The number of benzene rings is 1. The molecular weight excluding hydrogens is 495 g/mol. The molecular formula is C28H36F3N5S. The van der Waals surface area contributed by atoms with Gasteiger partial charge in [0.05, 0.1) is 11.9 Å². The average molecular weight is 532 g/mol. The van der Waals surface area contributed by atoms with Crippen molar-refractivity contribution in [2.45, 2.75) is 89.6 Å². The van der Waals surface area contributed by atoms with Gasteiger partial charge in [-0.25, -0.2) is 15.0 Å². The summed E-state index contributed by atoms with van der Waals surface area (Å²) in [5, 5.41) is 3.77. The van der Waals surface area contributed by atoms with Crippen LogP contribution in [0.4, 0.5) is 24.8 Å². The first kappa shape index (κ1) is 27.5. The number of imidazole rings is 1. The predicted octanol–water partition coefficient (Wildman–Crippen LogP) is 8.61. The van der Waals surface area contributed by atoms with Crippen molar-refractivity contribution in [2.75, 3.05) is 5.32 Å². The third kappa shape index (κ3) is 6.30. The largest absolute Gasteiger partial charge is 0.420 e. The molecule has 2 aromatic heterocycles. The maximum atomic E-state index is 13.9. The first-order valence-electron chi connectivity index (χ1n) is 13.0. The summed E-state index contributed by atoms with van der Waals surface area (Å²) in [4.78, 5) is 13.8. The second-order valence-electron chi connectivity index (χ2n) is 10.6. The minimum absolute atomic E-state index is 0.0716.